The number of nitrogens with zero attached hydrogens (tertiary/aromatic N) is 3. The van der Waals surface area contributed by atoms with E-state index in [4.69, 9.17) is 4.74 Å². The monoisotopic (exact) mass is 280 g/mol. The quantitative estimate of drug-likeness (QED) is 0.753. The third-order valence-corrected chi connectivity index (χ3v) is 3.54. The molecule has 0 radical (unpaired) electrons. The van der Waals surface area contributed by atoms with E-state index in [1.807, 2.05) is 20.0 Å². The van der Waals surface area contributed by atoms with Gasteiger partial charge in [0, 0.05) is 38.5 Å². The largest absolute Gasteiger partial charge is 0.383 e. The molecule has 1 aromatic rings. The molecular formula is C15H28N4O. The summed E-state index contributed by atoms with van der Waals surface area (Å²) >= 11 is 0. The lowest BCUT2D eigenvalue weighted by molar-refractivity contribution is 0.108. The van der Waals surface area contributed by atoms with Gasteiger partial charge in [0.05, 0.1) is 13.2 Å². The highest BCUT2D eigenvalue weighted by molar-refractivity contribution is 5.34. The van der Waals surface area contributed by atoms with E-state index >= 15 is 0 Å². The van der Waals surface area contributed by atoms with Crippen molar-refractivity contribution < 1.29 is 4.74 Å². The fourth-order valence-electron chi connectivity index (χ4n) is 2.41. The van der Waals surface area contributed by atoms with E-state index < -0.39 is 0 Å². The number of aryl methyl sites for hydroxylation is 1. The predicted molar refractivity (Wildman–Crippen MR) is 83.0 cm³/mol. The van der Waals surface area contributed by atoms with Crippen LogP contribution in [0.5, 0.6) is 0 Å². The van der Waals surface area contributed by atoms with Crippen molar-refractivity contribution >= 4 is 5.82 Å². The van der Waals surface area contributed by atoms with Gasteiger partial charge in [0.25, 0.3) is 0 Å². The molecule has 0 aliphatic carbocycles. The highest BCUT2D eigenvalue weighted by Crippen LogP contribution is 2.13. The molecule has 0 aliphatic rings. The van der Waals surface area contributed by atoms with Gasteiger partial charge >= 0.3 is 0 Å². The Morgan fingerprint density at radius 3 is 2.55 bits per heavy atom. The third-order valence-electron chi connectivity index (χ3n) is 3.54. The average Bonchev–Trinajstić information content (AvgIpc) is 2.45. The first kappa shape index (κ1) is 16.9. The summed E-state index contributed by atoms with van der Waals surface area (Å²) in [5, 5.41) is 3.09. The van der Waals surface area contributed by atoms with Gasteiger partial charge in [-0.15, -0.1) is 0 Å². The molecule has 5 heteroatoms. The number of methoxy groups -OCH3 is 1. The molecule has 0 saturated heterocycles. The van der Waals surface area contributed by atoms with E-state index in [2.05, 4.69) is 34.0 Å². The summed E-state index contributed by atoms with van der Waals surface area (Å²) in [5.41, 5.74) is 0.996. The first-order valence-corrected chi connectivity index (χ1v) is 7.39. The van der Waals surface area contributed by atoms with Gasteiger partial charge in [-0.3, -0.25) is 4.90 Å². The maximum absolute atomic E-state index is 5.22. The van der Waals surface area contributed by atoms with E-state index in [1.54, 1.807) is 7.11 Å². The van der Waals surface area contributed by atoms with Crippen LogP contribution in [0.3, 0.4) is 0 Å². The highest BCUT2D eigenvalue weighted by Gasteiger charge is 2.16. The molecule has 0 unspecified atom stereocenters. The van der Waals surface area contributed by atoms with Crippen LogP contribution in [0.4, 0.5) is 5.82 Å². The van der Waals surface area contributed by atoms with Crippen LogP contribution >= 0.6 is 0 Å². The molecule has 0 spiro atoms. The van der Waals surface area contributed by atoms with Crippen LogP contribution in [0, 0.1) is 6.92 Å². The number of rotatable bonds is 9. The Morgan fingerprint density at radius 2 is 2.00 bits per heavy atom. The molecule has 1 N–H and O–H groups in total. The van der Waals surface area contributed by atoms with Crippen LogP contribution in [-0.2, 0) is 11.3 Å². The fourth-order valence-corrected chi connectivity index (χ4v) is 2.41. The second-order valence-corrected chi connectivity index (χ2v) is 4.99. The molecule has 0 bridgehead atoms. The standard InChI is InChI=1S/C15H28N4O/c1-6-13(7-2)19(8-9-20-5)11-15-17-12(3)10-14(16-4)18-15/h10,13H,6-9,11H2,1-5H3,(H,16,17,18). The van der Waals surface area contributed by atoms with Crippen LogP contribution in [0.15, 0.2) is 6.07 Å². The molecule has 0 fully saturated rings. The van der Waals surface area contributed by atoms with Crippen molar-refractivity contribution in [3.8, 4) is 0 Å². The number of hydrogen-bond acceptors (Lipinski definition) is 5. The van der Waals surface area contributed by atoms with Crippen LogP contribution < -0.4 is 5.32 Å². The van der Waals surface area contributed by atoms with Crippen molar-refractivity contribution in [3.63, 3.8) is 0 Å². The molecule has 0 atom stereocenters. The second kappa shape index (κ2) is 8.87. The molecular weight excluding hydrogens is 252 g/mol. The highest BCUT2D eigenvalue weighted by atomic mass is 16.5. The molecule has 0 amide bonds. The predicted octanol–water partition coefficient (Wildman–Crippen LogP) is 2.46. The first-order valence-electron chi connectivity index (χ1n) is 7.39. The van der Waals surface area contributed by atoms with E-state index in [1.165, 1.54) is 0 Å². The number of aromatic nitrogens is 2. The van der Waals surface area contributed by atoms with Crippen molar-refractivity contribution in [3.05, 3.63) is 17.6 Å². The zero-order valence-corrected chi connectivity index (χ0v) is 13.4. The lowest BCUT2D eigenvalue weighted by atomic mass is 10.1. The van der Waals surface area contributed by atoms with Crippen LogP contribution in [0.2, 0.25) is 0 Å². The Balaban J connectivity index is 2.84. The summed E-state index contributed by atoms with van der Waals surface area (Å²) in [6.45, 7) is 8.87. The Morgan fingerprint density at radius 1 is 1.30 bits per heavy atom. The second-order valence-electron chi connectivity index (χ2n) is 4.99. The topological polar surface area (TPSA) is 50.3 Å². The SMILES string of the molecule is CCC(CC)N(CCOC)Cc1nc(C)cc(NC)n1. The van der Waals surface area contributed by atoms with E-state index in [0.717, 1.165) is 49.9 Å². The summed E-state index contributed by atoms with van der Waals surface area (Å²) in [6.07, 6.45) is 2.26. The number of nitrogens with one attached hydrogen (secondary N) is 1. The minimum Gasteiger partial charge on any atom is -0.383 e. The van der Waals surface area contributed by atoms with Crippen LogP contribution in [-0.4, -0.2) is 48.2 Å². The van der Waals surface area contributed by atoms with Crippen molar-refractivity contribution in [2.24, 2.45) is 0 Å². The molecule has 20 heavy (non-hydrogen) atoms. The lowest BCUT2D eigenvalue weighted by Gasteiger charge is -2.29. The first-order chi connectivity index (χ1) is 9.64. The molecule has 114 valence electrons. The summed E-state index contributed by atoms with van der Waals surface area (Å²) in [4.78, 5) is 11.5. The smallest absolute Gasteiger partial charge is 0.144 e. The van der Waals surface area contributed by atoms with Gasteiger partial charge in [-0.05, 0) is 19.8 Å². The average molecular weight is 280 g/mol. The minimum atomic E-state index is 0.548. The van der Waals surface area contributed by atoms with Gasteiger partial charge in [0.1, 0.15) is 11.6 Å². The molecule has 1 heterocycles. The summed E-state index contributed by atoms with van der Waals surface area (Å²) in [7, 11) is 3.63. The third kappa shape index (κ3) is 5.06. The lowest BCUT2D eigenvalue weighted by Crippen LogP contribution is -2.37. The van der Waals surface area contributed by atoms with Crippen LogP contribution in [0.1, 0.15) is 38.2 Å². The maximum atomic E-state index is 5.22. The maximum Gasteiger partial charge on any atom is 0.144 e. The van der Waals surface area contributed by atoms with E-state index in [0.29, 0.717) is 6.04 Å². The Bertz CT molecular complexity index is 393. The van der Waals surface area contributed by atoms with Crippen molar-refractivity contribution in [2.75, 3.05) is 32.6 Å². The number of anilines is 1. The van der Waals surface area contributed by atoms with Gasteiger partial charge < -0.3 is 10.1 Å². The minimum absolute atomic E-state index is 0.548. The Kier molecular flexibility index (Phi) is 7.47. The zero-order valence-electron chi connectivity index (χ0n) is 13.4. The molecule has 0 aromatic carbocycles. The molecule has 1 rings (SSSR count). The summed E-state index contributed by atoms with van der Waals surface area (Å²) < 4.78 is 5.22. The van der Waals surface area contributed by atoms with Gasteiger partial charge in [-0.1, -0.05) is 13.8 Å². The van der Waals surface area contributed by atoms with Crippen molar-refractivity contribution in [1.82, 2.24) is 14.9 Å². The normalized spacial score (nSPS) is 11.3. The summed E-state index contributed by atoms with van der Waals surface area (Å²) in [5.74, 6) is 1.75. The van der Waals surface area contributed by atoms with Crippen LogP contribution in [0.25, 0.3) is 0 Å². The number of hydrogen-bond donors (Lipinski definition) is 1. The number of ether oxygens (including phenoxy) is 1. The molecule has 0 saturated carbocycles. The Labute approximate surface area is 122 Å². The Hall–Kier alpha value is -1.20. The van der Waals surface area contributed by atoms with Gasteiger partial charge in [0.15, 0.2) is 0 Å². The van der Waals surface area contributed by atoms with Gasteiger partial charge in [-0.2, -0.15) is 0 Å². The van der Waals surface area contributed by atoms with E-state index in [-0.39, 0.29) is 0 Å². The zero-order chi connectivity index (χ0) is 15.0. The van der Waals surface area contributed by atoms with E-state index in [9.17, 15) is 0 Å². The van der Waals surface area contributed by atoms with Gasteiger partial charge in [0.2, 0.25) is 0 Å². The molecule has 5 nitrogen and oxygen atoms in total. The van der Waals surface area contributed by atoms with Gasteiger partial charge in [-0.25, -0.2) is 9.97 Å². The van der Waals surface area contributed by atoms with Crippen molar-refractivity contribution in [1.29, 1.82) is 0 Å². The molecule has 0 aliphatic heterocycles. The van der Waals surface area contributed by atoms with Crippen molar-refractivity contribution in [2.45, 2.75) is 46.2 Å². The molecule has 1 aromatic heterocycles. The fraction of sp³-hybridized carbons (Fsp3) is 0.733. The summed E-state index contributed by atoms with van der Waals surface area (Å²) in [6, 6.07) is 2.51.